The monoisotopic (exact) mass is 553 g/mol. The molecule has 0 radical (unpaired) electrons. The number of nitrogens with zero attached hydrogens (tertiary/aromatic N) is 6. The number of piperazine rings is 1. The lowest BCUT2D eigenvalue weighted by atomic mass is 10.1. The van der Waals surface area contributed by atoms with Gasteiger partial charge in [0.25, 0.3) is 0 Å². The van der Waals surface area contributed by atoms with Gasteiger partial charge in [-0.1, -0.05) is 78.9 Å². The molecule has 1 aliphatic rings. The maximum absolute atomic E-state index is 13.1. The summed E-state index contributed by atoms with van der Waals surface area (Å²) in [5.41, 5.74) is 3.86. The summed E-state index contributed by atoms with van der Waals surface area (Å²) in [6.45, 7) is 3.05. The van der Waals surface area contributed by atoms with E-state index in [9.17, 15) is 8.42 Å². The van der Waals surface area contributed by atoms with Gasteiger partial charge in [0.05, 0.1) is 17.8 Å². The van der Waals surface area contributed by atoms with Crippen molar-refractivity contribution in [1.82, 2.24) is 23.8 Å². The largest absolute Gasteiger partial charge is 0.368 e. The first-order valence-corrected chi connectivity index (χ1v) is 14.9. The molecule has 9 nitrogen and oxygen atoms in total. The van der Waals surface area contributed by atoms with Gasteiger partial charge in [-0.25, -0.2) is 13.4 Å². The number of nitrogens with one attached hydrogen (secondary N) is 1. The van der Waals surface area contributed by atoms with Crippen LogP contribution in [0.1, 0.15) is 11.1 Å². The zero-order valence-electron chi connectivity index (χ0n) is 22.1. The van der Waals surface area contributed by atoms with Crippen molar-refractivity contribution >= 4 is 33.0 Å². The van der Waals surface area contributed by atoms with Gasteiger partial charge in [-0.15, -0.1) is 0 Å². The molecule has 2 aromatic heterocycles. The van der Waals surface area contributed by atoms with Gasteiger partial charge in [0, 0.05) is 32.7 Å². The molecule has 1 N–H and O–H groups in total. The first kappa shape index (κ1) is 26.0. The molecule has 0 unspecified atom stereocenters. The van der Waals surface area contributed by atoms with Crippen LogP contribution in [-0.4, -0.2) is 65.0 Å². The SMILES string of the molecule is O=S(=O)(c1ccccc1)N1CCN(c2nc(NCCc3ccccc3)c3ncn(Cc4ccccc4)c3n2)CC1. The zero-order valence-corrected chi connectivity index (χ0v) is 22.9. The van der Waals surface area contributed by atoms with Crippen LogP contribution >= 0.6 is 0 Å². The van der Waals surface area contributed by atoms with Crippen LogP contribution in [0.5, 0.6) is 0 Å². The number of benzene rings is 3. The Balaban J connectivity index is 1.26. The zero-order chi connectivity index (χ0) is 27.4. The Hall–Kier alpha value is -4.28. The molecular weight excluding hydrogens is 522 g/mol. The third kappa shape index (κ3) is 5.54. The van der Waals surface area contributed by atoms with E-state index in [1.54, 1.807) is 24.3 Å². The summed E-state index contributed by atoms with van der Waals surface area (Å²) in [7, 11) is -3.54. The molecule has 3 aromatic carbocycles. The highest BCUT2D eigenvalue weighted by molar-refractivity contribution is 7.89. The molecule has 0 amide bonds. The molecule has 40 heavy (non-hydrogen) atoms. The topological polar surface area (TPSA) is 96.3 Å². The molecule has 10 heteroatoms. The van der Waals surface area contributed by atoms with Crippen LogP contribution in [0.4, 0.5) is 11.8 Å². The molecule has 0 aliphatic carbocycles. The van der Waals surface area contributed by atoms with Crippen LogP contribution in [-0.2, 0) is 23.0 Å². The summed E-state index contributed by atoms with van der Waals surface area (Å²) in [4.78, 5) is 16.9. The molecular formula is C30H31N7O2S. The summed E-state index contributed by atoms with van der Waals surface area (Å²) in [5, 5.41) is 3.49. The first-order chi connectivity index (χ1) is 19.6. The van der Waals surface area contributed by atoms with E-state index in [4.69, 9.17) is 9.97 Å². The van der Waals surface area contributed by atoms with E-state index in [1.165, 1.54) is 9.87 Å². The van der Waals surface area contributed by atoms with E-state index in [2.05, 4.69) is 39.5 Å². The third-order valence-electron chi connectivity index (χ3n) is 7.10. The Morgan fingerprint density at radius 2 is 1.38 bits per heavy atom. The summed E-state index contributed by atoms with van der Waals surface area (Å²) < 4.78 is 29.8. The van der Waals surface area contributed by atoms with Crippen molar-refractivity contribution in [3.05, 3.63) is 108 Å². The number of anilines is 2. The Morgan fingerprint density at radius 3 is 2.05 bits per heavy atom. The lowest BCUT2D eigenvalue weighted by Crippen LogP contribution is -2.49. The van der Waals surface area contributed by atoms with Gasteiger partial charge >= 0.3 is 0 Å². The average Bonchev–Trinajstić information content (AvgIpc) is 3.41. The molecule has 6 rings (SSSR count). The molecule has 0 bridgehead atoms. The Bertz CT molecular complexity index is 1670. The lowest BCUT2D eigenvalue weighted by molar-refractivity contribution is 0.382. The summed E-state index contributed by atoms with van der Waals surface area (Å²) in [6, 6.07) is 29.1. The second kappa shape index (κ2) is 11.4. The Morgan fingerprint density at radius 1 is 0.750 bits per heavy atom. The van der Waals surface area contributed by atoms with Gasteiger partial charge in [0.1, 0.15) is 0 Å². The summed E-state index contributed by atoms with van der Waals surface area (Å²) in [6.07, 6.45) is 2.66. The van der Waals surface area contributed by atoms with E-state index < -0.39 is 10.0 Å². The standard InChI is InChI=1S/C30H31N7O2S/c38-40(39,26-14-8-3-9-15-26)37-20-18-35(19-21-37)30-33-28(31-17-16-24-10-4-1-5-11-24)27-29(34-30)36(23-32-27)22-25-12-6-2-7-13-25/h1-15,23H,16-22H2,(H,31,33,34). The fourth-order valence-corrected chi connectivity index (χ4v) is 6.38. The second-order valence-electron chi connectivity index (χ2n) is 9.77. The number of aromatic nitrogens is 4. The molecule has 1 saturated heterocycles. The van der Waals surface area contributed by atoms with Crippen molar-refractivity contribution in [2.75, 3.05) is 42.9 Å². The molecule has 5 aromatic rings. The number of rotatable bonds is 9. The van der Waals surface area contributed by atoms with Crippen molar-refractivity contribution in [1.29, 1.82) is 0 Å². The minimum absolute atomic E-state index is 0.316. The fourth-order valence-electron chi connectivity index (χ4n) is 4.93. The van der Waals surface area contributed by atoms with E-state index in [1.807, 2.05) is 53.4 Å². The van der Waals surface area contributed by atoms with Crippen molar-refractivity contribution < 1.29 is 8.42 Å². The number of hydrogen-bond donors (Lipinski definition) is 1. The third-order valence-corrected chi connectivity index (χ3v) is 9.01. The molecule has 0 atom stereocenters. The summed E-state index contributed by atoms with van der Waals surface area (Å²) >= 11 is 0. The van der Waals surface area contributed by atoms with Gasteiger partial charge in [-0.3, -0.25) is 0 Å². The minimum atomic E-state index is -3.54. The smallest absolute Gasteiger partial charge is 0.243 e. The van der Waals surface area contributed by atoms with Gasteiger partial charge in [-0.05, 0) is 29.7 Å². The second-order valence-corrected chi connectivity index (χ2v) is 11.7. The lowest BCUT2D eigenvalue weighted by Gasteiger charge is -2.34. The minimum Gasteiger partial charge on any atom is -0.368 e. The Kier molecular flexibility index (Phi) is 7.43. The van der Waals surface area contributed by atoms with Crippen LogP contribution in [0.25, 0.3) is 11.2 Å². The maximum atomic E-state index is 13.1. The quantitative estimate of drug-likeness (QED) is 0.294. The van der Waals surface area contributed by atoms with Crippen LogP contribution in [0, 0.1) is 0 Å². The molecule has 1 aliphatic heterocycles. The Labute approximate surface area is 234 Å². The molecule has 3 heterocycles. The number of imidazole rings is 1. The normalized spacial score (nSPS) is 14.4. The highest BCUT2D eigenvalue weighted by atomic mass is 32.2. The number of sulfonamides is 1. The average molecular weight is 554 g/mol. The van der Waals surface area contributed by atoms with Crippen LogP contribution in [0.3, 0.4) is 0 Å². The van der Waals surface area contributed by atoms with E-state index in [-0.39, 0.29) is 0 Å². The highest BCUT2D eigenvalue weighted by Crippen LogP contribution is 2.25. The highest BCUT2D eigenvalue weighted by Gasteiger charge is 2.30. The van der Waals surface area contributed by atoms with Crippen molar-refractivity contribution in [3.63, 3.8) is 0 Å². The van der Waals surface area contributed by atoms with E-state index in [0.717, 1.165) is 23.1 Å². The molecule has 204 valence electrons. The molecule has 0 spiro atoms. The first-order valence-electron chi connectivity index (χ1n) is 13.4. The van der Waals surface area contributed by atoms with Gasteiger partial charge in [0.15, 0.2) is 17.0 Å². The van der Waals surface area contributed by atoms with E-state index in [0.29, 0.717) is 55.9 Å². The fraction of sp³-hybridized carbons (Fsp3) is 0.233. The van der Waals surface area contributed by atoms with Gasteiger partial charge in [-0.2, -0.15) is 14.3 Å². The number of fused-ring (bicyclic) bond motifs is 1. The van der Waals surface area contributed by atoms with Crippen molar-refractivity contribution in [2.45, 2.75) is 17.9 Å². The van der Waals surface area contributed by atoms with Crippen molar-refractivity contribution in [2.24, 2.45) is 0 Å². The number of hydrogen-bond acceptors (Lipinski definition) is 7. The van der Waals surface area contributed by atoms with Gasteiger partial charge < -0.3 is 14.8 Å². The van der Waals surface area contributed by atoms with Crippen LogP contribution in [0.2, 0.25) is 0 Å². The molecule has 1 fully saturated rings. The van der Waals surface area contributed by atoms with Gasteiger partial charge in [0.2, 0.25) is 16.0 Å². The maximum Gasteiger partial charge on any atom is 0.243 e. The van der Waals surface area contributed by atoms with Crippen molar-refractivity contribution in [3.8, 4) is 0 Å². The summed E-state index contributed by atoms with van der Waals surface area (Å²) in [5.74, 6) is 1.25. The predicted octanol–water partition coefficient (Wildman–Crippen LogP) is 4.04. The molecule has 0 saturated carbocycles. The van der Waals surface area contributed by atoms with E-state index >= 15 is 0 Å². The van der Waals surface area contributed by atoms with Crippen LogP contribution in [0.15, 0.2) is 102 Å². The predicted molar refractivity (Wildman–Crippen MR) is 157 cm³/mol. The van der Waals surface area contributed by atoms with Crippen LogP contribution < -0.4 is 10.2 Å².